The number of amides is 1. The second-order valence-corrected chi connectivity index (χ2v) is 5.71. The van der Waals surface area contributed by atoms with Gasteiger partial charge in [0.05, 0.1) is 11.1 Å². The largest absolute Gasteiger partial charge is 0.484 e. The van der Waals surface area contributed by atoms with Crippen LogP contribution in [0.5, 0.6) is 5.75 Å². The van der Waals surface area contributed by atoms with E-state index < -0.39 is 41.7 Å². The van der Waals surface area contributed by atoms with E-state index in [0.717, 1.165) is 0 Å². The van der Waals surface area contributed by atoms with Gasteiger partial charge in [0.25, 0.3) is 5.91 Å². The van der Waals surface area contributed by atoms with Gasteiger partial charge >= 0.3 is 12.4 Å². The van der Waals surface area contributed by atoms with Gasteiger partial charge in [-0.15, -0.1) is 0 Å². The number of ether oxygens (including phenoxy) is 1. The molecule has 0 aromatic heterocycles. The summed E-state index contributed by atoms with van der Waals surface area (Å²) in [6.07, 6.45) is -10.0. The van der Waals surface area contributed by atoms with Crippen molar-refractivity contribution in [1.82, 2.24) is 0 Å². The molecule has 150 valence electrons. The van der Waals surface area contributed by atoms with Gasteiger partial charge < -0.3 is 10.1 Å². The number of carbonyl (C=O) groups is 2. The van der Waals surface area contributed by atoms with E-state index in [0.29, 0.717) is 17.7 Å². The molecule has 0 unspecified atom stereocenters. The molecule has 0 saturated heterocycles. The van der Waals surface area contributed by atoms with Crippen molar-refractivity contribution in [3.63, 3.8) is 0 Å². The average molecular weight is 405 g/mol. The Morgan fingerprint density at radius 2 is 1.39 bits per heavy atom. The number of alkyl halides is 6. The second kappa shape index (κ2) is 7.91. The number of hydrogen-bond acceptors (Lipinski definition) is 3. The molecule has 0 heterocycles. The van der Waals surface area contributed by atoms with Crippen molar-refractivity contribution in [2.45, 2.75) is 19.3 Å². The molecule has 0 aliphatic heterocycles. The van der Waals surface area contributed by atoms with E-state index in [1.807, 2.05) is 0 Å². The fourth-order valence-corrected chi connectivity index (χ4v) is 2.14. The molecular weight excluding hydrogens is 392 g/mol. The summed E-state index contributed by atoms with van der Waals surface area (Å²) >= 11 is 0. The zero-order valence-electron chi connectivity index (χ0n) is 14.2. The van der Waals surface area contributed by atoms with Crippen LogP contribution in [0.2, 0.25) is 0 Å². The van der Waals surface area contributed by atoms with Gasteiger partial charge in [0.1, 0.15) is 5.75 Å². The quantitative estimate of drug-likeness (QED) is 0.566. The van der Waals surface area contributed by atoms with Crippen LogP contribution in [0.15, 0.2) is 42.5 Å². The van der Waals surface area contributed by atoms with E-state index in [1.165, 1.54) is 31.2 Å². The minimum atomic E-state index is -5.01. The zero-order valence-corrected chi connectivity index (χ0v) is 14.2. The predicted octanol–water partition coefficient (Wildman–Crippen LogP) is 4.94. The molecule has 10 heteroatoms. The molecule has 0 radical (unpaired) electrons. The molecular formula is C18H13F6NO3. The van der Waals surface area contributed by atoms with E-state index in [-0.39, 0.29) is 17.5 Å². The molecule has 28 heavy (non-hydrogen) atoms. The molecule has 2 aromatic rings. The number of halogens is 6. The Kier molecular flexibility index (Phi) is 6.01. The number of Topliss-reactive ketones (excluding diaryl/α,β-unsaturated/α-hetero) is 1. The number of carbonyl (C=O) groups excluding carboxylic acids is 2. The van der Waals surface area contributed by atoms with Crippen molar-refractivity contribution < 1.29 is 40.7 Å². The van der Waals surface area contributed by atoms with Gasteiger partial charge in [-0.1, -0.05) is 0 Å². The van der Waals surface area contributed by atoms with Crippen LogP contribution in [0.3, 0.4) is 0 Å². The summed E-state index contributed by atoms with van der Waals surface area (Å²) in [5.74, 6) is -1.74. The Labute approximate surface area is 155 Å². The SMILES string of the molecule is CC(=O)c1ccc(NC(=O)COc2cc(C(F)(F)F)cc(C(F)(F)F)c2)cc1. The lowest BCUT2D eigenvalue weighted by Gasteiger charge is -2.14. The summed E-state index contributed by atoms with van der Waals surface area (Å²) in [6.45, 7) is 0.540. The van der Waals surface area contributed by atoms with Gasteiger partial charge in [0, 0.05) is 11.3 Å². The summed E-state index contributed by atoms with van der Waals surface area (Å²) in [4.78, 5) is 23.0. The minimum absolute atomic E-state index is 0.0382. The van der Waals surface area contributed by atoms with Crippen LogP contribution >= 0.6 is 0 Å². The van der Waals surface area contributed by atoms with Gasteiger partial charge in [-0.3, -0.25) is 9.59 Å². The maximum absolute atomic E-state index is 12.8. The monoisotopic (exact) mass is 405 g/mol. The summed E-state index contributed by atoms with van der Waals surface area (Å²) in [5, 5.41) is 2.35. The van der Waals surface area contributed by atoms with Crippen molar-refractivity contribution in [2.75, 3.05) is 11.9 Å². The van der Waals surface area contributed by atoms with Gasteiger partial charge in [-0.2, -0.15) is 26.3 Å². The first kappa shape index (κ1) is 21.3. The Morgan fingerprint density at radius 1 is 0.893 bits per heavy atom. The Balaban J connectivity index is 2.10. The highest BCUT2D eigenvalue weighted by molar-refractivity contribution is 5.95. The summed E-state index contributed by atoms with van der Waals surface area (Å²) in [7, 11) is 0. The topological polar surface area (TPSA) is 55.4 Å². The van der Waals surface area contributed by atoms with Crippen molar-refractivity contribution in [3.8, 4) is 5.75 Å². The highest BCUT2D eigenvalue weighted by Gasteiger charge is 2.37. The molecule has 0 spiro atoms. The number of nitrogens with one attached hydrogen (secondary N) is 1. The fraction of sp³-hybridized carbons (Fsp3) is 0.222. The maximum Gasteiger partial charge on any atom is 0.416 e. The third-order valence-corrected chi connectivity index (χ3v) is 3.51. The standard InChI is InChI=1S/C18H13F6NO3/c1-10(26)11-2-4-14(5-3-11)25-16(27)9-28-15-7-12(17(19,20)21)6-13(8-15)18(22,23)24/h2-8H,9H2,1H3,(H,25,27). The van der Waals surface area contributed by atoms with Gasteiger partial charge in [0.15, 0.2) is 12.4 Å². The molecule has 0 fully saturated rings. The predicted molar refractivity (Wildman–Crippen MR) is 87.0 cm³/mol. The minimum Gasteiger partial charge on any atom is -0.484 e. The molecule has 0 aliphatic carbocycles. The third-order valence-electron chi connectivity index (χ3n) is 3.51. The summed E-state index contributed by atoms with van der Waals surface area (Å²) in [6, 6.07) is 6.45. The first-order chi connectivity index (χ1) is 12.9. The van der Waals surface area contributed by atoms with E-state index in [4.69, 9.17) is 4.74 Å². The fourth-order valence-electron chi connectivity index (χ4n) is 2.14. The molecule has 4 nitrogen and oxygen atoms in total. The molecule has 0 aliphatic rings. The van der Waals surface area contributed by atoms with E-state index >= 15 is 0 Å². The molecule has 1 N–H and O–H groups in total. The van der Waals surface area contributed by atoms with Crippen LogP contribution in [0.1, 0.15) is 28.4 Å². The lowest BCUT2D eigenvalue weighted by molar-refractivity contribution is -0.143. The van der Waals surface area contributed by atoms with E-state index in [1.54, 1.807) is 0 Å². The molecule has 2 rings (SSSR count). The molecule has 2 aromatic carbocycles. The Bertz CT molecular complexity index is 840. The molecule has 0 atom stereocenters. The van der Waals surface area contributed by atoms with Crippen molar-refractivity contribution in [1.29, 1.82) is 0 Å². The maximum atomic E-state index is 12.8. The number of hydrogen-bond donors (Lipinski definition) is 1. The van der Waals surface area contributed by atoms with E-state index in [9.17, 15) is 35.9 Å². The summed E-state index contributed by atoms with van der Waals surface area (Å²) < 4.78 is 81.5. The second-order valence-electron chi connectivity index (χ2n) is 5.71. The van der Waals surface area contributed by atoms with Crippen LogP contribution in [-0.4, -0.2) is 18.3 Å². The lowest BCUT2D eigenvalue weighted by Crippen LogP contribution is -2.20. The van der Waals surface area contributed by atoms with Crippen LogP contribution in [0.4, 0.5) is 32.0 Å². The number of ketones is 1. The van der Waals surface area contributed by atoms with Crippen molar-refractivity contribution >= 4 is 17.4 Å². The van der Waals surface area contributed by atoms with Crippen LogP contribution < -0.4 is 10.1 Å². The first-order valence-electron chi connectivity index (χ1n) is 7.69. The zero-order chi connectivity index (χ0) is 21.1. The smallest absolute Gasteiger partial charge is 0.416 e. The third kappa shape index (κ3) is 5.73. The number of rotatable bonds is 5. The molecule has 0 saturated carbocycles. The van der Waals surface area contributed by atoms with Crippen LogP contribution in [0.25, 0.3) is 0 Å². The number of benzene rings is 2. The van der Waals surface area contributed by atoms with Gasteiger partial charge in [0.2, 0.25) is 0 Å². The Hall–Kier alpha value is -3.04. The molecule has 1 amide bonds. The van der Waals surface area contributed by atoms with Crippen LogP contribution in [-0.2, 0) is 17.1 Å². The highest BCUT2D eigenvalue weighted by atomic mass is 19.4. The normalized spacial score (nSPS) is 11.8. The number of anilines is 1. The average Bonchev–Trinajstić information content (AvgIpc) is 2.58. The highest BCUT2D eigenvalue weighted by Crippen LogP contribution is 2.38. The molecule has 0 bridgehead atoms. The Morgan fingerprint density at radius 3 is 1.82 bits per heavy atom. The summed E-state index contributed by atoms with van der Waals surface area (Å²) in [5.41, 5.74) is -2.41. The van der Waals surface area contributed by atoms with Crippen molar-refractivity contribution in [3.05, 3.63) is 59.2 Å². The van der Waals surface area contributed by atoms with Crippen LogP contribution in [0, 0.1) is 0 Å². The van der Waals surface area contributed by atoms with E-state index in [2.05, 4.69) is 5.32 Å². The van der Waals surface area contributed by atoms with Gasteiger partial charge in [-0.25, -0.2) is 0 Å². The lowest BCUT2D eigenvalue weighted by atomic mass is 10.1. The first-order valence-corrected chi connectivity index (χ1v) is 7.69. The van der Waals surface area contributed by atoms with Crippen molar-refractivity contribution in [2.24, 2.45) is 0 Å². The van der Waals surface area contributed by atoms with Gasteiger partial charge in [-0.05, 0) is 49.4 Å².